The Morgan fingerprint density at radius 1 is 1.15 bits per heavy atom. The standard InChI is InChI=1S/C15H24N4O.2CH2O2/c16-15-13(7-6-8-17-15)11-18-14(20)12-19-9-4-2-1-3-5-10-19;2*2-1-3/h6-8H,1-5,9-12H2,(H2,16,17)(H,18,20);2*1H,(H,2,3). The number of likely N-dealkylation sites (tertiary alicyclic amines) is 1. The SMILES string of the molecule is Nc1ncccc1CNC(=O)CN1CCCCCCC1.O=CO.O=CO. The van der Waals surface area contributed by atoms with E-state index in [0.29, 0.717) is 18.9 Å². The summed E-state index contributed by atoms with van der Waals surface area (Å²) in [5.41, 5.74) is 6.63. The fourth-order valence-electron chi connectivity index (χ4n) is 2.52. The monoisotopic (exact) mass is 368 g/mol. The summed E-state index contributed by atoms with van der Waals surface area (Å²) < 4.78 is 0. The second-order valence-electron chi connectivity index (χ2n) is 5.58. The number of aromatic nitrogens is 1. The van der Waals surface area contributed by atoms with E-state index in [1.165, 1.54) is 32.1 Å². The molecule has 2 heterocycles. The maximum absolute atomic E-state index is 12.0. The Labute approximate surface area is 153 Å². The molecule has 1 aromatic rings. The summed E-state index contributed by atoms with van der Waals surface area (Å²) in [6.45, 7) is 2.50. The second-order valence-corrected chi connectivity index (χ2v) is 5.58. The summed E-state index contributed by atoms with van der Waals surface area (Å²) in [6, 6.07) is 3.72. The van der Waals surface area contributed by atoms with Crippen LogP contribution >= 0.6 is 0 Å². The number of pyridine rings is 1. The van der Waals surface area contributed by atoms with Gasteiger partial charge in [0.05, 0.1) is 6.54 Å². The van der Waals surface area contributed by atoms with Gasteiger partial charge in [0.1, 0.15) is 5.82 Å². The van der Waals surface area contributed by atoms with Crippen molar-refractivity contribution in [2.45, 2.75) is 38.6 Å². The largest absolute Gasteiger partial charge is 0.483 e. The summed E-state index contributed by atoms with van der Waals surface area (Å²) in [7, 11) is 0. The molecule has 1 amide bonds. The van der Waals surface area contributed by atoms with Crippen LogP contribution < -0.4 is 11.1 Å². The number of nitrogens with two attached hydrogens (primary N) is 1. The normalized spacial score (nSPS) is 14.2. The first-order valence-corrected chi connectivity index (χ1v) is 8.43. The minimum absolute atomic E-state index is 0.0637. The summed E-state index contributed by atoms with van der Waals surface area (Å²) in [6.07, 6.45) is 7.95. The Morgan fingerprint density at radius 3 is 2.23 bits per heavy atom. The Kier molecular flexibility index (Phi) is 14.2. The maximum atomic E-state index is 12.0. The lowest BCUT2D eigenvalue weighted by Crippen LogP contribution is -2.38. The first kappa shape index (κ1) is 23.3. The van der Waals surface area contributed by atoms with E-state index in [0.717, 1.165) is 18.7 Å². The van der Waals surface area contributed by atoms with Gasteiger partial charge in [-0.05, 0) is 32.0 Å². The van der Waals surface area contributed by atoms with Gasteiger partial charge < -0.3 is 21.3 Å². The van der Waals surface area contributed by atoms with Crippen LogP contribution in [0, 0.1) is 0 Å². The van der Waals surface area contributed by atoms with Crippen molar-refractivity contribution in [2.75, 3.05) is 25.4 Å². The molecule has 0 aliphatic carbocycles. The molecule has 0 unspecified atom stereocenters. The van der Waals surface area contributed by atoms with Crippen molar-refractivity contribution in [1.29, 1.82) is 0 Å². The molecular weight excluding hydrogens is 340 g/mol. The number of carboxylic acid groups (broad SMARTS) is 2. The predicted molar refractivity (Wildman–Crippen MR) is 97.4 cm³/mol. The topological polar surface area (TPSA) is 146 Å². The third-order valence-corrected chi connectivity index (χ3v) is 3.72. The fraction of sp³-hybridized carbons (Fsp3) is 0.529. The molecule has 2 rings (SSSR count). The van der Waals surface area contributed by atoms with E-state index >= 15 is 0 Å². The summed E-state index contributed by atoms with van der Waals surface area (Å²) in [5, 5.41) is 16.7. The lowest BCUT2D eigenvalue weighted by molar-refractivity contribution is -0.123. The molecule has 26 heavy (non-hydrogen) atoms. The average Bonchev–Trinajstić information content (AvgIpc) is 2.58. The molecule has 1 aliphatic rings. The van der Waals surface area contributed by atoms with E-state index in [-0.39, 0.29) is 18.9 Å². The van der Waals surface area contributed by atoms with Gasteiger partial charge in [-0.25, -0.2) is 4.98 Å². The Morgan fingerprint density at radius 2 is 1.69 bits per heavy atom. The number of rotatable bonds is 4. The van der Waals surface area contributed by atoms with Crippen LogP contribution in [0.5, 0.6) is 0 Å². The molecule has 0 bridgehead atoms. The van der Waals surface area contributed by atoms with Gasteiger partial charge in [0, 0.05) is 18.3 Å². The van der Waals surface area contributed by atoms with Crippen molar-refractivity contribution in [2.24, 2.45) is 0 Å². The predicted octanol–water partition coefficient (Wildman–Crippen LogP) is 0.948. The lowest BCUT2D eigenvalue weighted by atomic mass is 10.1. The highest BCUT2D eigenvalue weighted by Gasteiger charge is 2.12. The second kappa shape index (κ2) is 15.8. The van der Waals surface area contributed by atoms with Crippen molar-refractivity contribution >= 4 is 24.7 Å². The molecule has 0 atom stereocenters. The zero-order chi connectivity index (χ0) is 19.6. The number of hydrogen-bond acceptors (Lipinski definition) is 6. The van der Waals surface area contributed by atoms with Gasteiger partial charge in [0.15, 0.2) is 0 Å². The Balaban J connectivity index is 0.000000918. The number of nitrogens with zero attached hydrogens (tertiary/aromatic N) is 2. The molecule has 0 radical (unpaired) electrons. The summed E-state index contributed by atoms with van der Waals surface area (Å²) >= 11 is 0. The van der Waals surface area contributed by atoms with Gasteiger partial charge in [0.2, 0.25) is 5.91 Å². The lowest BCUT2D eigenvalue weighted by Gasteiger charge is -2.23. The maximum Gasteiger partial charge on any atom is 0.290 e. The highest BCUT2D eigenvalue weighted by atomic mass is 16.3. The van der Waals surface area contributed by atoms with Gasteiger partial charge in [0.25, 0.3) is 12.9 Å². The molecule has 5 N–H and O–H groups in total. The van der Waals surface area contributed by atoms with E-state index in [4.69, 9.17) is 25.5 Å². The molecule has 0 aromatic carbocycles. The van der Waals surface area contributed by atoms with Crippen LogP contribution in [-0.4, -0.2) is 58.6 Å². The average molecular weight is 368 g/mol. The number of carbonyl (C=O) groups excluding carboxylic acids is 1. The zero-order valence-electron chi connectivity index (χ0n) is 14.8. The first-order valence-electron chi connectivity index (χ1n) is 8.43. The van der Waals surface area contributed by atoms with Crippen molar-refractivity contribution < 1.29 is 24.6 Å². The van der Waals surface area contributed by atoms with Gasteiger partial charge in [-0.15, -0.1) is 0 Å². The number of amides is 1. The van der Waals surface area contributed by atoms with Crippen LogP contribution in [-0.2, 0) is 20.9 Å². The number of nitrogens with one attached hydrogen (secondary N) is 1. The van der Waals surface area contributed by atoms with Crippen LogP contribution in [0.2, 0.25) is 0 Å². The zero-order valence-corrected chi connectivity index (χ0v) is 14.8. The first-order chi connectivity index (χ1) is 12.6. The van der Waals surface area contributed by atoms with Gasteiger partial charge >= 0.3 is 0 Å². The number of hydrogen-bond donors (Lipinski definition) is 4. The van der Waals surface area contributed by atoms with Crippen LogP contribution in [0.4, 0.5) is 5.82 Å². The molecule has 146 valence electrons. The molecule has 1 saturated heterocycles. The number of carbonyl (C=O) groups is 3. The van der Waals surface area contributed by atoms with Crippen LogP contribution in [0.15, 0.2) is 18.3 Å². The van der Waals surface area contributed by atoms with E-state index in [2.05, 4.69) is 15.2 Å². The fourth-order valence-corrected chi connectivity index (χ4v) is 2.52. The smallest absolute Gasteiger partial charge is 0.290 e. The molecular formula is C17H28N4O5. The van der Waals surface area contributed by atoms with E-state index < -0.39 is 0 Å². The van der Waals surface area contributed by atoms with Crippen LogP contribution in [0.25, 0.3) is 0 Å². The molecule has 9 heteroatoms. The number of anilines is 1. The van der Waals surface area contributed by atoms with E-state index in [1.807, 2.05) is 12.1 Å². The molecule has 1 aliphatic heterocycles. The van der Waals surface area contributed by atoms with Crippen molar-refractivity contribution in [3.05, 3.63) is 23.9 Å². The van der Waals surface area contributed by atoms with Crippen LogP contribution in [0.1, 0.15) is 37.7 Å². The van der Waals surface area contributed by atoms with E-state index in [1.54, 1.807) is 6.20 Å². The minimum atomic E-state index is -0.250. The van der Waals surface area contributed by atoms with Crippen molar-refractivity contribution in [3.63, 3.8) is 0 Å². The molecule has 1 aromatic heterocycles. The molecule has 0 spiro atoms. The van der Waals surface area contributed by atoms with Crippen molar-refractivity contribution in [3.8, 4) is 0 Å². The Bertz CT molecular complexity index is 514. The van der Waals surface area contributed by atoms with Gasteiger partial charge in [-0.3, -0.25) is 19.3 Å². The summed E-state index contributed by atoms with van der Waals surface area (Å²) in [4.78, 5) is 35.0. The third-order valence-electron chi connectivity index (χ3n) is 3.72. The molecule has 1 fully saturated rings. The third kappa shape index (κ3) is 11.8. The minimum Gasteiger partial charge on any atom is -0.483 e. The Hall–Kier alpha value is -2.68. The van der Waals surface area contributed by atoms with E-state index in [9.17, 15) is 4.79 Å². The van der Waals surface area contributed by atoms with Crippen LogP contribution in [0.3, 0.4) is 0 Å². The highest BCUT2D eigenvalue weighted by Crippen LogP contribution is 2.10. The van der Waals surface area contributed by atoms with Gasteiger partial charge in [-0.2, -0.15) is 0 Å². The quantitative estimate of drug-likeness (QED) is 0.575. The number of nitrogen functional groups attached to an aromatic ring is 1. The van der Waals surface area contributed by atoms with Crippen molar-refractivity contribution in [1.82, 2.24) is 15.2 Å². The molecule has 0 saturated carbocycles. The highest BCUT2D eigenvalue weighted by molar-refractivity contribution is 5.78. The molecule has 9 nitrogen and oxygen atoms in total. The van der Waals surface area contributed by atoms with Gasteiger partial charge in [-0.1, -0.05) is 25.3 Å². The summed E-state index contributed by atoms with van der Waals surface area (Å²) in [5.74, 6) is 0.549.